The number of nitrogens with one attached hydrogen (secondary N) is 1. The third kappa shape index (κ3) is 3.49. The molecule has 150 valence electrons. The minimum absolute atomic E-state index is 0.0384. The molecule has 1 N–H and O–H groups in total. The molecule has 0 aliphatic carbocycles. The van der Waals surface area contributed by atoms with E-state index in [9.17, 15) is 19.7 Å². The first-order valence-corrected chi connectivity index (χ1v) is 8.93. The van der Waals surface area contributed by atoms with Gasteiger partial charge < -0.3 is 9.30 Å². The number of hydrogen-bond acceptors (Lipinski definition) is 6. The first-order chi connectivity index (χ1) is 13.6. The normalized spacial score (nSPS) is 15.7. The Morgan fingerprint density at radius 2 is 1.93 bits per heavy atom. The number of amides is 2. The number of nitrogens with zero attached hydrogens (tertiary/aromatic N) is 3. The molecule has 0 atom stereocenters. The Labute approximate surface area is 171 Å². The Morgan fingerprint density at radius 1 is 1.24 bits per heavy atom. The Morgan fingerprint density at radius 3 is 2.55 bits per heavy atom. The molecule has 1 aliphatic heterocycles. The molecule has 0 saturated carbocycles. The summed E-state index contributed by atoms with van der Waals surface area (Å²) in [5.41, 5.74) is 2.10. The largest absolute Gasteiger partial charge is 0.496 e. The molecular weight excluding hydrogens is 396 g/mol. The van der Waals surface area contributed by atoms with E-state index in [1.165, 1.54) is 31.2 Å². The monoisotopic (exact) mass is 414 g/mol. The zero-order chi connectivity index (χ0) is 21.5. The van der Waals surface area contributed by atoms with Crippen LogP contribution >= 0.6 is 12.2 Å². The number of ether oxygens (including phenoxy) is 1. The summed E-state index contributed by atoms with van der Waals surface area (Å²) in [6, 6.07) is 6.33. The lowest BCUT2D eigenvalue weighted by Crippen LogP contribution is -2.52. The van der Waals surface area contributed by atoms with Gasteiger partial charge in [0.1, 0.15) is 17.0 Å². The summed E-state index contributed by atoms with van der Waals surface area (Å²) < 4.78 is 6.78. The van der Waals surface area contributed by atoms with E-state index >= 15 is 0 Å². The fourth-order valence-electron chi connectivity index (χ4n) is 3.17. The van der Waals surface area contributed by atoms with Crippen LogP contribution in [0.2, 0.25) is 0 Å². The SMILES string of the molecule is COc1ccc(-n2c(C)cc(/C=C3\C(=O)NC(=S)N(C)C3=O)c2C)c([N+](=O)[O-])c1. The number of rotatable bonds is 4. The van der Waals surface area contributed by atoms with Gasteiger partial charge in [0, 0.05) is 18.4 Å². The summed E-state index contributed by atoms with van der Waals surface area (Å²) >= 11 is 4.94. The van der Waals surface area contributed by atoms with E-state index in [1.54, 1.807) is 36.6 Å². The molecule has 1 saturated heterocycles. The van der Waals surface area contributed by atoms with Crippen molar-refractivity contribution >= 4 is 40.9 Å². The summed E-state index contributed by atoms with van der Waals surface area (Å²) in [6.07, 6.45) is 1.46. The van der Waals surface area contributed by atoms with Gasteiger partial charge in [-0.2, -0.15) is 0 Å². The molecule has 0 bridgehead atoms. The van der Waals surface area contributed by atoms with Crippen molar-refractivity contribution < 1.29 is 19.2 Å². The van der Waals surface area contributed by atoms with Crippen LogP contribution in [-0.4, -0.2) is 45.5 Å². The van der Waals surface area contributed by atoms with Crippen molar-refractivity contribution in [3.8, 4) is 11.4 Å². The molecule has 1 aromatic heterocycles. The lowest BCUT2D eigenvalue weighted by atomic mass is 10.1. The summed E-state index contributed by atoms with van der Waals surface area (Å²) in [5, 5.41) is 14.1. The highest BCUT2D eigenvalue weighted by Gasteiger charge is 2.31. The zero-order valence-electron chi connectivity index (χ0n) is 16.2. The number of carbonyl (C=O) groups is 2. The highest BCUT2D eigenvalue weighted by molar-refractivity contribution is 7.80. The number of methoxy groups -OCH3 is 1. The molecule has 0 spiro atoms. The van der Waals surface area contributed by atoms with E-state index in [-0.39, 0.29) is 16.4 Å². The highest BCUT2D eigenvalue weighted by atomic mass is 32.1. The number of benzene rings is 1. The lowest BCUT2D eigenvalue weighted by Gasteiger charge is -2.25. The second kappa shape index (κ2) is 7.47. The molecule has 0 radical (unpaired) electrons. The van der Waals surface area contributed by atoms with Crippen LogP contribution in [0.15, 0.2) is 29.8 Å². The molecule has 0 unspecified atom stereocenters. The number of aryl methyl sites for hydroxylation is 1. The second-order valence-corrected chi connectivity index (χ2v) is 6.84. The van der Waals surface area contributed by atoms with Gasteiger partial charge in [-0.3, -0.25) is 29.9 Å². The minimum Gasteiger partial charge on any atom is -0.496 e. The molecule has 1 aliphatic rings. The maximum absolute atomic E-state index is 12.4. The number of nitro groups is 1. The van der Waals surface area contributed by atoms with Gasteiger partial charge in [-0.15, -0.1) is 0 Å². The first-order valence-electron chi connectivity index (χ1n) is 8.52. The van der Waals surface area contributed by atoms with Crippen LogP contribution < -0.4 is 10.1 Å². The average molecular weight is 414 g/mol. The summed E-state index contributed by atoms with van der Waals surface area (Å²) in [5.74, 6) is -0.731. The van der Waals surface area contributed by atoms with Gasteiger partial charge in [0.05, 0.1) is 18.1 Å². The molecule has 2 amide bonds. The quantitative estimate of drug-likeness (QED) is 0.270. The third-order valence-electron chi connectivity index (χ3n) is 4.70. The molecular formula is C19H18N4O5S. The van der Waals surface area contributed by atoms with Gasteiger partial charge in [0.15, 0.2) is 5.11 Å². The van der Waals surface area contributed by atoms with Gasteiger partial charge in [0.25, 0.3) is 17.5 Å². The third-order valence-corrected chi connectivity index (χ3v) is 5.07. The fraction of sp³-hybridized carbons (Fsp3) is 0.211. The Kier molecular flexibility index (Phi) is 5.21. The van der Waals surface area contributed by atoms with Crippen LogP contribution in [-0.2, 0) is 9.59 Å². The van der Waals surface area contributed by atoms with Crippen LogP contribution in [0.5, 0.6) is 5.75 Å². The molecule has 2 heterocycles. The highest BCUT2D eigenvalue weighted by Crippen LogP contribution is 2.32. The smallest absolute Gasteiger partial charge is 0.296 e. The van der Waals surface area contributed by atoms with Crippen LogP contribution in [0, 0.1) is 24.0 Å². The van der Waals surface area contributed by atoms with E-state index in [0.29, 0.717) is 28.4 Å². The molecule has 9 nitrogen and oxygen atoms in total. The number of hydrogen-bond donors (Lipinski definition) is 1. The Hall–Kier alpha value is -3.53. The summed E-state index contributed by atoms with van der Waals surface area (Å²) in [6.45, 7) is 3.54. The second-order valence-electron chi connectivity index (χ2n) is 6.46. The van der Waals surface area contributed by atoms with Crippen LogP contribution in [0.3, 0.4) is 0 Å². The van der Waals surface area contributed by atoms with Crippen LogP contribution in [0.4, 0.5) is 5.69 Å². The van der Waals surface area contributed by atoms with Crippen molar-refractivity contribution in [2.45, 2.75) is 13.8 Å². The standard InChI is InChI=1S/C19H18N4O5S/c1-10-7-12(8-14-17(24)20-19(29)21(3)18(14)25)11(2)22(10)15-6-5-13(28-4)9-16(15)23(26)27/h5-9H,1-4H3,(H,20,24,29)/b14-8+. The number of likely N-dealkylation sites (N-methyl/N-ethyl adjacent to an activating group) is 1. The Bertz CT molecular complexity index is 1100. The number of carbonyl (C=O) groups excluding carboxylic acids is 2. The van der Waals surface area contributed by atoms with Crippen molar-refractivity contribution in [3.05, 3.63) is 56.9 Å². The van der Waals surface area contributed by atoms with E-state index in [1.807, 2.05) is 0 Å². The van der Waals surface area contributed by atoms with Crippen molar-refractivity contribution in [2.75, 3.05) is 14.2 Å². The predicted molar refractivity (Wildman–Crippen MR) is 110 cm³/mol. The fourth-order valence-corrected chi connectivity index (χ4v) is 3.35. The van der Waals surface area contributed by atoms with Gasteiger partial charge in [-0.05, 0) is 55.9 Å². The minimum atomic E-state index is -0.585. The van der Waals surface area contributed by atoms with Gasteiger partial charge in [-0.1, -0.05) is 0 Å². The van der Waals surface area contributed by atoms with Gasteiger partial charge in [0.2, 0.25) is 0 Å². The maximum atomic E-state index is 12.4. The summed E-state index contributed by atoms with van der Waals surface area (Å²) in [7, 11) is 2.91. The van der Waals surface area contributed by atoms with E-state index in [0.717, 1.165) is 0 Å². The van der Waals surface area contributed by atoms with Crippen molar-refractivity contribution in [1.29, 1.82) is 0 Å². The molecule has 29 heavy (non-hydrogen) atoms. The van der Waals surface area contributed by atoms with Gasteiger partial charge >= 0.3 is 0 Å². The van der Waals surface area contributed by atoms with Crippen molar-refractivity contribution in [3.63, 3.8) is 0 Å². The molecule has 1 fully saturated rings. The number of aromatic nitrogens is 1. The predicted octanol–water partition coefficient (Wildman–Crippen LogP) is 2.27. The molecule has 2 aromatic rings. The molecule has 3 rings (SSSR count). The molecule has 10 heteroatoms. The van der Waals surface area contributed by atoms with Crippen LogP contribution in [0.1, 0.15) is 17.0 Å². The lowest BCUT2D eigenvalue weighted by molar-refractivity contribution is -0.384. The van der Waals surface area contributed by atoms with Gasteiger partial charge in [-0.25, -0.2) is 0 Å². The van der Waals surface area contributed by atoms with Crippen molar-refractivity contribution in [2.24, 2.45) is 0 Å². The van der Waals surface area contributed by atoms with E-state index in [2.05, 4.69) is 5.32 Å². The number of nitro benzene ring substituents is 1. The Balaban J connectivity index is 2.14. The zero-order valence-corrected chi connectivity index (χ0v) is 17.0. The topological polar surface area (TPSA) is 107 Å². The summed E-state index contributed by atoms with van der Waals surface area (Å²) in [4.78, 5) is 36.9. The average Bonchev–Trinajstić information content (AvgIpc) is 2.96. The van der Waals surface area contributed by atoms with Crippen molar-refractivity contribution in [1.82, 2.24) is 14.8 Å². The first kappa shape index (κ1) is 20.2. The van der Waals surface area contributed by atoms with E-state index < -0.39 is 16.7 Å². The van der Waals surface area contributed by atoms with E-state index in [4.69, 9.17) is 17.0 Å². The maximum Gasteiger partial charge on any atom is 0.296 e. The number of thiocarbonyl (C=S) groups is 1. The molecule has 1 aromatic carbocycles. The van der Waals surface area contributed by atoms with Crippen LogP contribution in [0.25, 0.3) is 11.8 Å².